The van der Waals surface area contributed by atoms with Crippen LogP contribution in [0.1, 0.15) is 31.4 Å². The van der Waals surface area contributed by atoms with E-state index in [1.165, 1.54) is 11.1 Å². The van der Waals surface area contributed by atoms with Gasteiger partial charge in [0.1, 0.15) is 5.75 Å². The first-order chi connectivity index (χ1) is 7.17. The zero-order valence-electron chi connectivity index (χ0n) is 10.3. The van der Waals surface area contributed by atoms with Crippen LogP contribution in [0.3, 0.4) is 0 Å². The van der Waals surface area contributed by atoms with Crippen LogP contribution >= 0.6 is 12.4 Å². The molecule has 2 N–H and O–H groups in total. The maximum Gasteiger partial charge on any atom is 0.122 e. The van der Waals surface area contributed by atoms with Crippen LogP contribution in [0, 0.1) is 6.92 Å². The van der Waals surface area contributed by atoms with E-state index in [1.54, 1.807) is 0 Å². The summed E-state index contributed by atoms with van der Waals surface area (Å²) in [7, 11) is 0. The first kappa shape index (κ1) is 15.3. The van der Waals surface area contributed by atoms with Crippen LogP contribution < -0.4 is 10.5 Å². The van der Waals surface area contributed by atoms with Gasteiger partial charge >= 0.3 is 0 Å². The lowest BCUT2D eigenvalue weighted by Crippen LogP contribution is -2.21. The molecule has 0 fully saturated rings. The molecule has 1 atom stereocenters. The summed E-state index contributed by atoms with van der Waals surface area (Å²) in [6.45, 7) is 6.91. The van der Waals surface area contributed by atoms with E-state index in [2.05, 4.69) is 26.0 Å². The molecule has 1 aromatic rings. The number of halogens is 1. The van der Waals surface area contributed by atoms with Gasteiger partial charge in [-0.3, -0.25) is 0 Å². The maximum absolute atomic E-state index is 5.92. The van der Waals surface area contributed by atoms with Crippen LogP contribution in [0.15, 0.2) is 18.2 Å². The third-order valence-electron chi connectivity index (χ3n) is 2.56. The first-order valence-corrected chi connectivity index (χ1v) is 5.65. The molecule has 1 unspecified atom stereocenters. The van der Waals surface area contributed by atoms with Crippen molar-refractivity contribution in [1.29, 1.82) is 0 Å². The van der Waals surface area contributed by atoms with E-state index in [4.69, 9.17) is 10.5 Å². The smallest absolute Gasteiger partial charge is 0.122 e. The second-order valence-corrected chi connectivity index (χ2v) is 3.91. The lowest BCUT2D eigenvalue weighted by Gasteiger charge is -2.11. The van der Waals surface area contributed by atoms with Crippen molar-refractivity contribution in [3.05, 3.63) is 29.3 Å². The molecule has 0 saturated heterocycles. The molecule has 0 aliphatic heterocycles. The fourth-order valence-corrected chi connectivity index (χ4v) is 1.60. The van der Waals surface area contributed by atoms with E-state index >= 15 is 0 Å². The van der Waals surface area contributed by atoms with Crippen molar-refractivity contribution < 1.29 is 4.74 Å². The molecular weight excluding hydrogens is 222 g/mol. The standard InChI is InChI=1S/C13H21NO.ClH/c1-4-12(14)9-11-6-7-13(15-5-2)10(3)8-11;/h6-8,12H,4-5,9,14H2,1-3H3;1H. The summed E-state index contributed by atoms with van der Waals surface area (Å²) < 4.78 is 5.49. The van der Waals surface area contributed by atoms with Gasteiger partial charge in [-0.25, -0.2) is 0 Å². The Morgan fingerprint density at radius 2 is 2.00 bits per heavy atom. The van der Waals surface area contributed by atoms with Crippen molar-refractivity contribution in [1.82, 2.24) is 0 Å². The Balaban J connectivity index is 0.00000225. The molecule has 0 heterocycles. The van der Waals surface area contributed by atoms with Crippen LogP contribution in [0.4, 0.5) is 0 Å². The highest BCUT2D eigenvalue weighted by Gasteiger charge is 2.04. The quantitative estimate of drug-likeness (QED) is 0.863. The Hall–Kier alpha value is -0.730. The molecule has 0 aliphatic rings. The van der Waals surface area contributed by atoms with Gasteiger partial charge in [-0.05, 0) is 43.9 Å². The van der Waals surface area contributed by atoms with Crippen LogP contribution in [0.5, 0.6) is 5.75 Å². The number of rotatable bonds is 5. The Morgan fingerprint density at radius 1 is 1.31 bits per heavy atom. The predicted molar refractivity (Wildman–Crippen MR) is 71.6 cm³/mol. The number of benzene rings is 1. The second kappa shape index (κ2) is 7.53. The summed E-state index contributed by atoms with van der Waals surface area (Å²) in [5.41, 5.74) is 8.41. The second-order valence-electron chi connectivity index (χ2n) is 3.91. The Morgan fingerprint density at radius 3 is 2.50 bits per heavy atom. The highest BCUT2D eigenvalue weighted by atomic mass is 35.5. The summed E-state index contributed by atoms with van der Waals surface area (Å²) in [6.07, 6.45) is 1.97. The highest BCUT2D eigenvalue weighted by Crippen LogP contribution is 2.19. The molecule has 0 bridgehead atoms. The molecule has 3 heteroatoms. The fraction of sp³-hybridized carbons (Fsp3) is 0.538. The van der Waals surface area contributed by atoms with Gasteiger partial charge in [-0.2, -0.15) is 0 Å². The molecule has 0 saturated carbocycles. The first-order valence-electron chi connectivity index (χ1n) is 5.65. The Bertz CT molecular complexity index is 315. The third-order valence-corrected chi connectivity index (χ3v) is 2.56. The van der Waals surface area contributed by atoms with E-state index in [0.717, 1.165) is 18.6 Å². The van der Waals surface area contributed by atoms with Gasteiger partial charge in [-0.15, -0.1) is 12.4 Å². The van der Waals surface area contributed by atoms with E-state index in [0.29, 0.717) is 6.61 Å². The Kier molecular flexibility index (Phi) is 7.18. The fourth-order valence-electron chi connectivity index (χ4n) is 1.60. The lowest BCUT2D eigenvalue weighted by molar-refractivity contribution is 0.338. The predicted octanol–water partition coefficient (Wildman–Crippen LogP) is 3.10. The number of hydrogen-bond donors (Lipinski definition) is 1. The summed E-state index contributed by atoms with van der Waals surface area (Å²) >= 11 is 0. The molecule has 1 aromatic carbocycles. The number of aryl methyl sites for hydroxylation is 1. The van der Waals surface area contributed by atoms with Gasteiger partial charge in [0.25, 0.3) is 0 Å². The summed E-state index contributed by atoms with van der Waals surface area (Å²) in [6, 6.07) is 6.58. The van der Waals surface area contributed by atoms with Gasteiger partial charge in [0.15, 0.2) is 0 Å². The van der Waals surface area contributed by atoms with Gasteiger partial charge in [0.05, 0.1) is 6.61 Å². The summed E-state index contributed by atoms with van der Waals surface area (Å²) in [5.74, 6) is 0.978. The van der Waals surface area contributed by atoms with Crippen molar-refractivity contribution in [3.8, 4) is 5.75 Å². The molecule has 0 aromatic heterocycles. The molecule has 16 heavy (non-hydrogen) atoms. The Labute approximate surface area is 105 Å². The van der Waals surface area contributed by atoms with Crippen LogP contribution in [0.2, 0.25) is 0 Å². The van der Waals surface area contributed by atoms with Gasteiger partial charge < -0.3 is 10.5 Å². The minimum Gasteiger partial charge on any atom is -0.494 e. The molecule has 0 spiro atoms. The largest absolute Gasteiger partial charge is 0.494 e. The molecule has 1 rings (SSSR count). The lowest BCUT2D eigenvalue weighted by atomic mass is 10.0. The molecule has 0 aliphatic carbocycles. The van der Waals surface area contributed by atoms with Crippen LogP contribution in [-0.4, -0.2) is 12.6 Å². The number of ether oxygens (including phenoxy) is 1. The van der Waals surface area contributed by atoms with Crippen LogP contribution in [-0.2, 0) is 6.42 Å². The molecule has 0 radical (unpaired) electrons. The van der Waals surface area contributed by atoms with Crippen molar-refractivity contribution in [3.63, 3.8) is 0 Å². The van der Waals surface area contributed by atoms with Crippen molar-refractivity contribution in [2.24, 2.45) is 5.73 Å². The van der Waals surface area contributed by atoms with Gasteiger partial charge in [-0.1, -0.05) is 19.1 Å². The van der Waals surface area contributed by atoms with Crippen molar-refractivity contribution in [2.75, 3.05) is 6.61 Å². The van der Waals surface area contributed by atoms with E-state index < -0.39 is 0 Å². The SMILES string of the molecule is CCOc1ccc(CC(N)CC)cc1C.Cl. The molecular formula is C13H22ClNO. The molecule has 0 amide bonds. The number of hydrogen-bond acceptors (Lipinski definition) is 2. The van der Waals surface area contributed by atoms with Gasteiger partial charge in [0, 0.05) is 6.04 Å². The van der Waals surface area contributed by atoms with E-state index in [9.17, 15) is 0 Å². The summed E-state index contributed by atoms with van der Waals surface area (Å²) in [4.78, 5) is 0. The minimum absolute atomic E-state index is 0. The number of nitrogens with two attached hydrogens (primary N) is 1. The topological polar surface area (TPSA) is 35.2 Å². The maximum atomic E-state index is 5.92. The molecule has 2 nitrogen and oxygen atoms in total. The normalized spacial score (nSPS) is 11.8. The van der Waals surface area contributed by atoms with E-state index in [1.807, 2.05) is 13.0 Å². The molecule has 92 valence electrons. The van der Waals surface area contributed by atoms with E-state index in [-0.39, 0.29) is 18.4 Å². The minimum atomic E-state index is 0. The van der Waals surface area contributed by atoms with Crippen molar-refractivity contribution in [2.45, 2.75) is 39.7 Å². The zero-order valence-corrected chi connectivity index (χ0v) is 11.1. The monoisotopic (exact) mass is 243 g/mol. The average molecular weight is 244 g/mol. The van der Waals surface area contributed by atoms with Gasteiger partial charge in [0.2, 0.25) is 0 Å². The third kappa shape index (κ3) is 4.42. The highest BCUT2D eigenvalue weighted by molar-refractivity contribution is 5.85. The van der Waals surface area contributed by atoms with Crippen LogP contribution in [0.25, 0.3) is 0 Å². The van der Waals surface area contributed by atoms with Crippen molar-refractivity contribution >= 4 is 12.4 Å². The zero-order chi connectivity index (χ0) is 11.3. The summed E-state index contributed by atoms with van der Waals surface area (Å²) in [5, 5.41) is 0. The average Bonchev–Trinajstić information content (AvgIpc) is 2.22.